The number of ether oxygens (including phenoxy) is 3. The van der Waals surface area contributed by atoms with E-state index in [1.54, 1.807) is 0 Å². The Kier molecular flexibility index (Phi) is 56.7. The Morgan fingerprint density at radius 2 is 0.557 bits per heavy atom. The number of unbranched alkanes of at least 4 members (excludes halogenated alkanes) is 37. The van der Waals surface area contributed by atoms with Crippen molar-refractivity contribution in [3.05, 3.63) is 48.6 Å². The molecule has 0 radical (unpaired) electrons. The van der Waals surface area contributed by atoms with Crippen molar-refractivity contribution < 1.29 is 28.6 Å². The number of rotatable bonds is 56. The van der Waals surface area contributed by atoms with Crippen LogP contribution in [0.3, 0.4) is 0 Å². The van der Waals surface area contributed by atoms with Gasteiger partial charge in [-0.25, -0.2) is 0 Å². The van der Waals surface area contributed by atoms with Crippen molar-refractivity contribution in [1.29, 1.82) is 0 Å². The van der Waals surface area contributed by atoms with Crippen LogP contribution in [0.25, 0.3) is 0 Å². The molecule has 0 N–H and O–H groups in total. The number of esters is 3. The van der Waals surface area contributed by atoms with E-state index in [2.05, 4.69) is 69.4 Å². The molecular weight excluding hydrogens is 865 g/mol. The lowest BCUT2D eigenvalue weighted by Gasteiger charge is -2.18. The molecule has 0 amide bonds. The van der Waals surface area contributed by atoms with E-state index in [0.29, 0.717) is 19.3 Å². The van der Waals surface area contributed by atoms with Gasteiger partial charge in [0.15, 0.2) is 6.10 Å². The smallest absolute Gasteiger partial charge is 0.306 e. The maximum Gasteiger partial charge on any atom is 0.306 e. The van der Waals surface area contributed by atoms with Crippen LogP contribution >= 0.6 is 0 Å². The second-order valence-electron chi connectivity index (χ2n) is 20.6. The molecule has 0 aromatic heterocycles. The Balaban J connectivity index is 4.33. The fraction of sp³-hybridized carbons (Fsp3) is 0.828. The van der Waals surface area contributed by atoms with Crippen molar-refractivity contribution in [2.45, 2.75) is 329 Å². The predicted molar refractivity (Wildman–Crippen MR) is 302 cm³/mol. The summed E-state index contributed by atoms with van der Waals surface area (Å²) in [6.07, 6.45) is 72.5. The van der Waals surface area contributed by atoms with E-state index in [1.165, 1.54) is 186 Å². The molecule has 0 spiro atoms. The molecule has 0 aliphatic rings. The molecule has 0 fully saturated rings. The fourth-order valence-electron chi connectivity index (χ4n) is 9.02. The largest absolute Gasteiger partial charge is 0.462 e. The maximum absolute atomic E-state index is 12.9. The summed E-state index contributed by atoms with van der Waals surface area (Å²) in [7, 11) is 0. The molecule has 0 heterocycles. The van der Waals surface area contributed by atoms with Gasteiger partial charge in [-0.15, -0.1) is 0 Å². The van der Waals surface area contributed by atoms with Gasteiger partial charge in [0.2, 0.25) is 0 Å². The summed E-state index contributed by atoms with van der Waals surface area (Å²) in [5.41, 5.74) is 0. The average Bonchev–Trinajstić information content (AvgIpc) is 3.36. The van der Waals surface area contributed by atoms with E-state index >= 15 is 0 Å². The predicted octanol–water partition coefficient (Wildman–Crippen LogP) is 20.6. The standard InChI is InChI=1S/C64H116O6/c1-4-7-10-13-16-19-22-25-27-29-31-33-34-36-39-42-45-48-51-54-57-63(66)69-60-61(59-68-62(65)56-53-50-47-44-41-38-24-21-18-15-12-9-6-3)70-64(67)58-55-52-49-46-43-40-37-35-32-30-28-26-23-20-17-14-11-8-5-2/h8,11,17,20,26,28,32,35,61H,4-7,9-10,12-16,18-19,21-25,27,29-31,33-34,36-60H2,1-3H3/b11-8-,20-17-,28-26-,35-32-. The molecule has 0 saturated heterocycles. The highest BCUT2D eigenvalue weighted by atomic mass is 16.6. The number of allylic oxidation sites excluding steroid dienone is 8. The van der Waals surface area contributed by atoms with Crippen LogP contribution in [-0.4, -0.2) is 37.2 Å². The molecule has 408 valence electrons. The van der Waals surface area contributed by atoms with Crippen molar-refractivity contribution >= 4 is 17.9 Å². The maximum atomic E-state index is 12.9. The van der Waals surface area contributed by atoms with Gasteiger partial charge in [0.05, 0.1) is 0 Å². The van der Waals surface area contributed by atoms with Crippen molar-refractivity contribution in [3.63, 3.8) is 0 Å². The van der Waals surface area contributed by atoms with Crippen LogP contribution in [0, 0.1) is 0 Å². The topological polar surface area (TPSA) is 78.9 Å². The first-order valence-corrected chi connectivity index (χ1v) is 30.6. The quantitative estimate of drug-likeness (QED) is 0.0261. The monoisotopic (exact) mass is 981 g/mol. The van der Waals surface area contributed by atoms with Gasteiger partial charge < -0.3 is 14.2 Å². The van der Waals surface area contributed by atoms with E-state index in [-0.39, 0.29) is 31.1 Å². The third-order valence-electron chi connectivity index (χ3n) is 13.6. The number of carbonyl (C=O) groups excluding carboxylic acids is 3. The molecule has 0 rings (SSSR count). The van der Waals surface area contributed by atoms with E-state index in [1.807, 2.05) is 0 Å². The Bertz CT molecular complexity index is 1220. The molecule has 0 aromatic carbocycles. The lowest BCUT2D eigenvalue weighted by molar-refractivity contribution is -0.167. The normalized spacial score (nSPS) is 12.3. The molecule has 1 unspecified atom stereocenters. The minimum Gasteiger partial charge on any atom is -0.462 e. The van der Waals surface area contributed by atoms with Crippen molar-refractivity contribution in [3.8, 4) is 0 Å². The second kappa shape index (κ2) is 58.9. The molecule has 0 aromatic rings. The number of carbonyl (C=O) groups is 3. The molecule has 0 bridgehead atoms. The first kappa shape index (κ1) is 67.4. The van der Waals surface area contributed by atoms with Crippen LogP contribution in [0.1, 0.15) is 323 Å². The van der Waals surface area contributed by atoms with Crippen LogP contribution in [0.15, 0.2) is 48.6 Å². The molecule has 1 atom stereocenters. The molecule has 6 nitrogen and oxygen atoms in total. The van der Waals surface area contributed by atoms with Crippen LogP contribution in [0.5, 0.6) is 0 Å². The summed E-state index contributed by atoms with van der Waals surface area (Å²) < 4.78 is 16.9. The summed E-state index contributed by atoms with van der Waals surface area (Å²) >= 11 is 0. The molecule has 70 heavy (non-hydrogen) atoms. The fourth-order valence-corrected chi connectivity index (χ4v) is 9.02. The average molecular weight is 982 g/mol. The summed E-state index contributed by atoms with van der Waals surface area (Å²) in [4.78, 5) is 38.2. The lowest BCUT2D eigenvalue weighted by Crippen LogP contribution is -2.30. The van der Waals surface area contributed by atoms with Gasteiger partial charge in [-0.1, -0.05) is 294 Å². The zero-order valence-corrected chi connectivity index (χ0v) is 46.8. The van der Waals surface area contributed by atoms with Gasteiger partial charge in [0, 0.05) is 19.3 Å². The molecule has 0 aliphatic carbocycles. The van der Waals surface area contributed by atoms with Gasteiger partial charge in [-0.2, -0.15) is 0 Å². The number of hydrogen-bond acceptors (Lipinski definition) is 6. The van der Waals surface area contributed by atoms with Crippen LogP contribution in [0.2, 0.25) is 0 Å². The summed E-state index contributed by atoms with van der Waals surface area (Å²) in [5.74, 6) is -0.868. The second-order valence-corrected chi connectivity index (χ2v) is 20.6. The summed E-state index contributed by atoms with van der Waals surface area (Å²) in [5, 5.41) is 0. The Labute approximate surface area is 435 Å². The highest BCUT2D eigenvalue weighted by molar-refractivity contribution is 5.71. The first-order chi connectivity index (χ1) is 34.5. The zero-order chi connectivity index (χ0) is 50.7. The van der Waals surface area contributed by atoms with Gasteiger partial charge in [-0.3, -0.25) is 14.4 Å². The zero-order valence-electron chi connectivity index (χ0n) is 46.8. The van der Waals surface area contributed by atoms with Crippen LogP contribution in [-0.2, 0) is 28.6 Å². The van der Waals surface area contributed by atoms with Gasteiger partial charge in [0.25, 0.3) is 0 Å². The summed E-state index contributed by atoms with van der Waals surface area (Å²) in [6, 6.07) is 0. The van der Waals surface area contributed by atoms with E-state index in [0.717, 1.165) is 96.3 Å². The molecule has 0 aliphatic heterocycles. The third-order valence-corrected chi connectivity index (χ3v) is 13.6. The van der Waals surface area contributed by atoms with Gasteiger partial charge in [-0.05, 0) is 57.8 Å². The van der Waals surface area contributed by atoms with Crippen molar-refractivity contribution in [2.24, 2.45) is 0 Å². The SMILES string of the molecule is CC/C=C\C/C=C\C/C=C\C/C=C\CCCCCCCCC(=O)OC(COC(=O)CCCCCCCCCCCCCCC)COC(=O)CCCCCCCCCCCCCCCCCCCCCC. The van der Waals surface area contributed by atoms with Gasteiger partial charge >= 0.3 is 17.9 Å². The highest BCUT2D eigenvalue weighted by Crippen LogP contribution is 2.17. The Hall–Kier alpha value is -2.63. The van der Waals surface area contributed by atoms with Crippen LogP contribution < -0.4 is 0 Å². The van der Waals surface area contributed by atoms with E-state index in [9.17, 15) is 14.4 Å². The third kappa shape index (κ3) is 56.3. The van der Waals surface area contributed by atoms with E-state index < -0.39 is 6.10 Å². The van der Waals surface area contributed by atoms with Gasteiger partial charge in [0.1, 0.15) is 13.2 Å². The lowest BCUT2D eigenvalue weighted by atomic mass is 10.0. The highest BCUT2D eigenvalue weighted by Gasteiger charge is 2.19. The Morgan fingerprint density at radius 3 is 0.871 bits per heavy atom. The van der Waals surface area contributed by atoms with Crippen molar-refractivity contribution in [1.82, 2.24) is 0 Å². The first-order valence-electron chi connectivity index (χ1n) is 30.6. The van der Waals surface area contributed by atoms with Crippen molar-refractivity contribution in [2.75, 3.05) is 13.2 Å². The molecular formula is C64H116O6. The summed E-state index contributed by atoms with van der Waals surface area (Å²) in [6.45, 7) is 6.57. The molecule has 6 heteroatoms. The van der Waals surface area contributed by atoms with Crippen LogP contribution in [0.4, 0.5) is 0 Å². The minimum atomic E-state index is -0.777. The number of hydrogen-bond donors (Lipinski definition) is 0. The van der Waals surface area contributed by atoms with E-state index in [4.69, 9.17) is 14.2 Å². The Morgan fingerprint density at radius 1 is 0.300 bits per heavy atom. The minimum absolute atomic E-state index is 0.0743. The molecule has 0 saturated carbocycles.